The molecule has 0 radical (unpaired) electrons. The lowest BCUT2D eigenvalue weighted by Gasteiger charge is -2.06. The van der Waals surface area contributed by atoms with E-state index in [4.69, 9.17) is 21.1 Å². The van der Waals surface area contributed by atoms with Gasteiger partial charge in [-0.1, -0.05) is 76.8 Å². The summed E-state index contributed by atoms with van der Waals surface area (Å²) in [5.41, 5.74) is 0.934. The molecule has 0 spiro atoms. The number of rotatable bonds is 16. The van der Waals surface area contributed by atoms with Crippen LogP contribution in [0.1, 0.15) is 76.7 Å². The molecule has 27 heavy (non-hydrogen) atoms. The lowest BCUT2D eigenvalue weighted by molar-refractivity contribution is -0.137. The molecule has 0 heterocycles. The Morgan fingerprint density at radius 2 is 1.48 bits per heavy atom. The monoisotopic (exact) mass is 394 g/mol. The second-order valence-corrected chi connectivity index (χ2v) is 7.17. The highest BCUT2D eigenvalue weighted by atomic mass is 35.5. The van der Waals surface area contributed by atoms with Crippen molar-refractivity contribution in [3.8, 4) is 5.75 Å². The van der Waals surface area contributed by atoms with E-state index in [-0.39, 0.29) is 12.6 Å². The van der Waals surface area contributed by atoms with Crippen LogP contribution < -0.4 is 4.74 Å². The van der Waals surface area contributed by atoms with Gasteiger partial charge in [0, 0.05) is 6.08 Å². The van der Waals surface area contributed by atoms with Crippen LogP contribution >= 0.6 is 11.6 Å². The van der Waals surface area contributed by atoms with Crippen LogP contribution in [0.25, 0.3) is 6.08 Å². The maximum Gasteiger partial charge on any atom is 0.330 e. The van der Waals surface area contributed by atoms with Crippen LogP contribution in [0.15, 0.2) is 30.3 Å². The number of ether oxygens (including phenoxy) is 2. The SMILES string of the molecule is CCCCCCCCCCCCOc1ccc(/C=C/C(=O)OCCCl)cc1. The Bertz CT molecular complexity index is 511. The van der Waals surface area contributed by atoms with E-state index in [9.17, 15) is 4.79 Å². The van der Waals surface area contributed by atoms with Crippen LogP contribution in [0.5, 0.6) is 5.75 Å². The van der Waals surface area contributed by atoms with Gasteiger partial charge in [0.15, 0.2) is 0 Å². The summed E-state index contributed by atoms with van der Waals surface area (Å²) in [5.74, 6) is 0.801. The van der Waals surface area contributed by atoms with E-state index in [1.54, 1.807) is 6.08 Å². The topological polar surface area (TPSA) is 35.5 Å². The molecule has 0 atom stereocenters. The van der Waals surface area contributed by atoms with Gasteiger partial charge in [0.1, 0.15) is 12.4 Å². The number of esters is 1. The molecular weight excluding hydrogens is 360 g/mol. The largest absolute Gasteiger partial charge is 0.494 e. The van der Waals surface area contributed by atoms with Crippen molar-refractivity contribution in [3.05, 3.63) is 35.9 Å². The third-order valence-corrected chi connectivity index (χ3v) is 4.53. The van der Waals surface area contributed by atoms with E-state index < -0.39 is 0 Å². The number of alkyl halides is 1. The minimum atomic E-state index is -0.378. The molecule has 1 rings (SSSR count). The summed E-state index contributed by atoms with van der Waals surface area (Å²) in [4.78, 5) is 11.4. The van der Waals surface area contributed by atoms with Gasteiger partial charge < -0.3 is 9.47 Å². The third-order valence-electron chi connectivity index (χ3n) is 4.38. The zero-order valence-electron chi connectivity index (χ0n) is 16.8. The van der Waals surface area contributed by atoms with E-state index in [1.165, 1.54) is 63.9 Å². The Morgan fingerprint density at radius 1 is 0.889 bits per heavy atom. The van der Waals surface area contributed by atoms with Crippen molar-refractivity contribution < 1.29 is 14.3 Å². The molecule has 3 nitrogen and oxygen atoms in total. The van der Waals surface area contributed by atoms with Gasteiger partial charge in [-0.25, -0.2) is 4.79 Å². The molecular formula is C23H35ClO3. The Kier molecular flexibility index (Phi) is 14.6. The van der Waals surface area contributed by atoms with Crippen molar-refractivity contribution in [2.24, 2.45) is 0 Å². The third kappa shape index (κ3) is 13.4. The van der Waals surface area contributed by atoms with Crippen molar-refractivity contribution in [3.63, 3.8) is 0 Å². The number of carbonyl (C=O) groups is 1. The molecule has 1 aromatic rings. The summed E-state index contributed by atoms with van der Waals surface area (Å²) in [6.07, 6.45) is 16.4. The van der Waals surface area contributed by atoms with Gasteiger partial charge in [-0.15, -0.1) is 11.6 Å². The van der Waals surface area contributed by atoms with Gasteiger partial charge in [0.05, 0.1) is 12.5 Å². The van der Waals surface area contributed by atoms with Crippen molar-refractivity contribution in [2.75, 3.05) is 19.1 Å². The van der Waals surface area contributed by atoms with E-state index >= 15 is 0 Å². The molecule has 0 saturated carbocycles. The molecule has 0 aliphatic carbocycles. The van der Waals surface area contributed by atoms with E-state index in [2.05, 4.69) is 6.92 Å². The van der Waals surface area contributed by atoms with Crippen LogP contribution in [0, 0.1) is 0 Å². The Morgan fingerprint density at radius 3 is 2.07 bits per heavy atom. The summed E-state index contributed by atoms with van der Waals surface area (Å²) in [5, 5.41) is 0. The maximum atomic E-state index is 11.4. The maximum absolute atomic E-state index is 11.4. The Labute approximate surface area is 170 Å². The van der Waals surface area contributed by atoms with Gasteiger partial charge in [-0.05, 0) is 30.2 Å². The first kappa shape index (κ1) is 23.6. The molecule has 0 aliphatic rings. The molecule has 0 unspecified atom stereocenters. The van der Waals surface area contributed by atoms with Gasteiger partial charge in [0.2, 0.25) is 0 Å². The smallest absolute Gasteiger partial charge is 0.330 e. The summed E-state index contributed by atoms with van der Waals surface area (Å²) in [6.45, 7) is 3.25. The van der Waals surface area contributed by atoms with Crippen molar-refractivity contribution in [2.45, 2.75) is 71.1 Å². The average molecular weight is 395 g/mol. The molecule has 152 valence electrons. The molecule has 0 amide bonds. The Balaban J connectivity index is 2.06. The fraction of sp³-hybridized carbons (Fsp3) is 0.609. The first-order chi connectivity index (χ1) is 13.3. The number of benzene rings is 1. The van der Waals surface area contributed by atoms with E-state index in [0.29, 0.717) is 5.88 Å². The zero-order chi connectivity index (χ0) is 19.6. The van der Waals surface area contributed by atoms with Crippen LogP contribution in [-0.2, 0) is 9.53 Å². The van der Waals surface area contributed by atoms with Crippen molar-refractivity contribution >= 4 is 23.6 Å². The summed E-state index contributed by atoms with van der Waals surface area (Å²) in [6, 6.07) is 7.72. The number of unbranched alkanes of at least 4 members (excludes halogenated alkanes) is 9. The normalized spacial score (nSPS) is 11.0. The predicted octanol–water partition coefficient (Wildman–Crippen LogP) is 6.78. The highest BCUT2D eigenvalue weighted by Gasteiger charge is 1.98. The lowest BCUT2D eigenvalue weighted by atomic mass is 10.1. The quantitative estimate of drug-likeness (QED) is 0.134. The molecule has 0 saturated heterocycles. The van der Waals surface area contributed by atoms with Gasteiger partial charge in [0.25, 0.3) is 0 Å². The minimum absolute atomic E-state index is 0.233. The predicted molar refractivity (Wildman–Crippen MR) is 114 cm³/mol. The van der Waals surface area contributed by atoms with Crippen molar-refractivity contribution in [1.82, 2.24) is 0 Å². The lowest BCUT2D eigenvalue weighted by Crippen LogP contribution is -2.02. The second kappa shape index (κ2) is 16.7. The number of carbonyl (C=O) groups excluding carboxylic acids is 1. The highest BCUT2D eigenvalue weighted by Crippen LogP contribution is 2.15. The van der Waals surface area contributed by atoms with Crippen LogP contribution in [0.2, 0.25) is 0 Å². The van der Waals surface area contributed by atoms with Gasteiger partial charge in [-0.2, -0.15) is 0 Å². The summed E-state index contributed by atoms with van der Waals surface area (Å²) >= 11 is 5.47. The average Bonchev–Trinajstić information content (AvgIpc) is 2.69. The first-order valence-electron chi connectivity index (χ1n) is 10.4. The zero-order valence-corrected chi connectivity index (χ0v) is 17.5. The summed E-state index contributed by atoms with van der Waals surface area (Å²) < 4.78 is 10.7. The molecule has 0 aliphatic heterocycles. The van der Waals surface area contributed by atoms with Crippen LogP contribution in [0.4, 0.5) is 0 Å². The molecule has 0 aromatic heterocycles. The molecule has 4 heteroatoms. The fourth-order valence-corrected chi connectivity index (χ4v) is 2.88. The van der Waals surface area contributed by atoms with Gasteiger partial charge in [-0.3, -0.25) is 0 Å². The van der Waals surface area contributed by atoms with Crippen molar-refractivity contribution in [1.29, 1.82) is 0 Å². The number of hydrogen-bond donors (Lipinski definition) is 0. The highest BCUT2D eigenvalue weighted by molar-refractivity contribution is 6.18. The standard InChI is InChI=1S/C23H35ClO3/c1-2-3-4-5-6-7-8-9-10-11-19-26-22-15-12-21(13-16-22)14-17-23(25)27-20-18-24/h12-17H,2-11,18-20H2,1H3/b17-14+. The van der Waals surface area contributed by atoms with Gasteiger partial charge >= 0.3 is 5.97 Å². The van der Waals surface area contributed by atoms with Crippen LogP contribution in [-0.4, -0.2) is 25.1 Å². The molecule has 0 fully saturated rings. The molecule has 0 bridgehead atoms. The minimum Gasteiger partial charge on any atom is -0.494 e. The second-order valence-electron chi connectivity index (χ2n) is 6.79. The Hall–Kier alpha value is -1.48. The van der Waals surface area contributed by atoms with E-state index in [1.807, 2.05) is 24.3 Å². The first-order valence-corrected chi connectivity index (χ1v) is 10.9. The molecule has 1 aromatic carbocycles. The fourth-order valence-electron chi connectivity index (χ4n) is 2.81. The van der Waals surface area contributed by atoms with Crippen LogP contribution in [0.3, 0.4) is 0 Å². The van der Waals surface area contributed by atoms with E-state index in [0.717, 1.165) is 24.3 Å². The molecule has 0 N–H and O–H groups in total. The number of halogens is 1. The number of hydrogen-bond acceptors (Lipinski definition) is 3. The summed E-state index contributed by atoms with van der Waals surface area (Å²) in [7, 11) is 0.